The largest absolute Gasteiger partial charge is 0.375 e. The van der Waals surface area contributed by atoms with E-state index in [4.69, 9.17) is 11.6 Å². The van der Waals surface area contributed by atoms with E-state index in [0.717, 1.165) is 17.4 Å². The molecule has 0 saturated heterocycles. The normalized spacial score (nSPS) is 15.2. The molecule has 1 aromatic rings. The zero-order chi connectivity index (χ0) is 8.55. The third kappa shape index (κ3) is 1.40. The molecule has 0 atom stereocenters. The number of carbonyl (C=O) groups is 1. The number of hydrogen-bond acceptors (Lipinski definition) is 4. The summed E-state index contributed by atoms with van der Waals surface area (Å²) in [6.45, 7) is 0.333. The van der Waals surface area contributed by atoms with Gasteiger partial charge >= 0.3 is 0 Å². The summed E-state index contributed by atoms with van der Waals surface area (Å²) in [7, 11) is 0. The monoisotopic (exact) mass is 199 g/mol. The number of nitrogens with zero attached hydrogens (tertiary/aromatic N) is 1. The van der Waals surface area contributed by atoms with Crippen LogP contribution in [0.1, 0.15) is 0 Å². The highest BCUT2D eigenvalue weighted by atomic mass is 35.5. The Labute approximate surface area is 78.5 Å². The minimum Gasteiger partial charge on any atom is -0.375 e. The number of hydrogen-bond donors (Lipinski definition) is 1. The summed E-state index contributed by atoms with van der Waals surface area (Å²) < 4.78 is 0. The van der Waals surface area contributed by atoms with Crippen LogP contribution in [0.2, 0.25) is 5.02 Å². The van der Waals surface area contributed by atoms with Crippen molar-refractivity contribution >= 4 is 34.2 Å². The van der Waals surface area contributed by atoms with E-state index in [0.29, 0.717) is 16.6 Å². The Kier molecular flexibility index (Phi) is 1.94. The van der Waals surface area contributed by atoms with Crippen molar-refractivity contribution in [1.82, 2.24) is 4.98 Å². The third-order valence-corrected chi connectivity index (χ3v) is 2.47. The second-order valence-corrected chi connectivity index (χ2v) is 3.72. The highest BCUT2D eigenvalue weighted by molar-refractivity contribution is 8.13. The summed E-state index contributed by atoms with van der Waals surface area (Å²) >= 11 is 6.78. The number of fused-ring (bicyclic) bond motifs is 1. The lowest BCUT2D eigenvalue weighted by Gasteiger charge is -2.14. The average molecular weight is 200 g/mol. The van der Waals surface area contributed by atoms with Crippen LogP contribution in [0.4, 0.5) is 5.69 Å². The maximum atomic E-state index is 10.9. The van der Waals surface area contributed by atoms with Crippen molar-refractivity contribution in [2.75, 3.05) is 11.9 Å². The van der Waals surface area contributed by atoms with Gasteiger partial charge in [-0.05, 0) is 17.8 Å². The van der Waals surface area contributed by atoms with Gasteiger partial charge < -0.3 is 5.32 Å². The molecule has 2 rings (SSSR count). The van der Waals surface area contributed by atoms with Crippen LogP contribution in [0.5, 0.6) is 0 Å². The van der Waals surface area contributed by atoms with Crippen molar-refractivity contribution in [3.63, 3.8) is 0 Å². The molecule has 0 aromatic carbocycles. The molecule has 12 heavy (non-hydrogen) atoms. The van der Waals surface area contributed by atoms with Gasteiger partial charge in [-0.15, -0.1) is 0 Å². The lowest BCUT2D eigenvalue weighted by atomic mass is 10.4. The Hall–Kier alpha value is -0.740. The topological polar surface area (TPSA) is 42.0 Å². The van der Waals surface area contributed by atoms with E-state index in [1.165, 1.54) is 0 Å². The van der Waals surface area contributed by atoms with Crippen molar-refractivity contribution in [2.24, 2.45) is 0 Å². The molecular formula is C7H4ClN2OS. The molecule has 1 aliphatic heterocycles. The van der Waals surface area contributed by atoms with Crippen LogP contribution < -0.4 is 5.32 Å². The van der Waals surface area contributed by atoms with Crippen molar-refractivity contribution in [2.45, 2.75) is 5.03 Å². The summed E-state index contributed by atoms with van der Waals surface area (Å²) in [5.41, 5.74) is 0.809. The molecule has 0 bridgehead atoms. The van der Waals surface area contributed by atoms with Crippen LogP contribution in [0, 0.1) is 6.20 Å². The van der Waals surface area contributed by atoms with Crippen LogP contribution in [0.25, 0.3) is 0 Å². The molecule has 5 heteroatoms. The van der Waals surface area contributed by atoms with E-state index in [9.17, 15) is 4.79 Å². The molecule has 0 aliphatic carbocycles. The number of carbonyl (C=O) groups excluding carboxylic acids is 1. The smallest absolute Gasteiger partial charge is 0.214 e. The summed E-state index contributed by atoms with van der Waals surface area (Å²) in [6.07, 6.45) is 2.58. The number of nitrogens with one attached hydrogen (secondary N) is 1. The first-order chi connectivity index (χ1) is 5.75. The van der Waals surface area contributed by atoms with Crippen molar-refractivity contribution in [3.05, 3.63) is 17.3 Å². The first-order valence-electron chi connectivity index (χ1n) is 3.28. The first-order valence-corrected chi connectivity index (χ1v) is 4.48. The van der Waals surface area contributed by atoms with E-state index in [1.807, 2.05) is 0 Å². The second-order valence-electron chi connectivity index (χ2n) is 2.26. The van der Waals surface area contributed by atoms with Gasteiger partial charge in [0.15, 0.2) is 0 Å². The van der Waals surface area contributed by atoms with E-state index in [1.54, 1.807) is 6.07 Å². The maximum Gasteiger partial charge on any atom is 0.214 e. The van der Waals surface area contributed by atoms with E-state index >= 15 is 0 Å². The minimum absolute atomic E-state index is 0.0609. The fourth-order valence-electron chi connectivity index (χ4n) is 0.901. The van der Waals surface area contributed by atoms with Crippen LogP contribution >= 0.6 is 23.4 Å². The van der Waals surface area contributed by atoms with Gasteiger partial charge in [0.2, 0.25) is 5.12 Å². The predicted octanol–water partition coefficient (Wildman–Crippen LogP) is 1.58. The fraction of sp³-hybridized carbons (Fsp3) is 0.143. The van der Waals surface area contributed by atoms with Gasteiger partial charge in [0.05, 0.1) is 17.3 Å². The summed E-state index contributed by atoms with van der Waals surface area (Å²) in [6, 6.07) is 1.71. The van der Waals surface area contributed by atoms with Crippen LogP contribution in [0.3, 0.4) is 0 Å². The highest BCUT2D eigenvalue weighted by Crippen LogP contribution is 2.30. The molecule has 0 fully saturated rings. The van der Waals surface area contributed by atoms with Gasteiger partial charge in [-0.25, -0.2) is 4.98 Å². The Morgan fingerprint density at radius 2 is 2.58 bits per heavy atom. The average Bonchev–Trinajstić information content (AvgIpc) is 2.05. The zero-order valence-electron chi connectivity index (χ0n) is 5.93. The Morgan fingerprint density at radius 3 is 3.42 bits per heavy atom. The van der Waals surface area contributed by atoms with Crippen molar-refractivity contribution < 1.29 is 4.79 Å². The van der Waals surface area contributed by atoms with E-state index < -0.39 is 0 Å². The maximum absolute atomic E-state index is 10.9. The van der Waals surface area contributed by atoms with Gasteiger partial charge in [-0.3, -0.25) is 4.79 Å². The molecule has 3 nitrogen and oxygen atoms in total. The van der Waals surface area contributed by atoms with E-state index in [2.05, 4.69) is 16.5 Å². The lowest BCUT2D eigenvalue weighted by Crippen LogP contribution is -2.16. The highest BCUT2D eigenvalue weighted by Gasteiger charge is 2.16. The number of anilines is 1. The molecule has 2 heterocycles. The third-order valence-electron chi connectivity index (χ3n) is 1.40. The minimum atomic E-state index is 0.0609. The predicted molar refractivity (Wildman–Crippen MR) is 47.4 cm³/mol. The van der Waals surface area contributed by atoms with Gasteiger partial charge in [0, 0.05) is 0 Å². The quantitative estimate of drug-likeness (QED) is 0.689. The van der Waals surface area contributed by atoms with Gasteiger partial charge in [-0.1, -0.05) is 11.6 Å². The Bertz CT molecular complexity index is 342. The molecule has 0 saturated carbocycles. The molecule has 1 aromatic heterocycles. The standard InChI is InChI=1S/C7H4ClN2OS/c8-4-1-5-7(10-2-4)12-6(11)3-9-5/h1,9H,3H2. The zero-order valence-corrected chi connectivity index (χ0v) is 7.50. The number of thioether (sulfide) groups is 1. The summed E-state index contributed by atoms with van der Waals surface area (Å²) in [5.74, 6) is 0. The second kappa shape index (κ2) is 2.95. The number of halogens is 1. The molecule has 1 aliphatic rings. The van der Waals surface area contributed by atoms with Crippen molar-refractivity contribution in [3.8, 4) is 0 Å². The van der Waals surface area contributed by atoms with Gasteiger partial charge in [0.1, 0.15) is 11.2 Å². The number of pyridine rings is 1. The number of aromatic nitrogens is 1. The van der Waals surface area contributed by atoms with Crippen LogP contribution in [0.15, 0.2) is 11.1 Å². The lowest BCUT2D eigenvalue weighted by molar-refractivity contribution is -0.109. The van der Waals surface area contributed by atoms with Crippen molar-refractivity contribution in [1.29, 1.82) is 0 Å². The van der Waals surface area contributed by atoms with Gasteiger partial charge in [0.25, 0.3) is 0 Å². The first kappa shape index (κ1) is 7.89. The Morgan fingerprint density at radius 1 is 1.75 bits per heavy atom. The summed E-state index contributed by atoms with van der Waals surface area (Å²) in [5, 5.41) is 4.08. The molecular weight excluding hydrogens is 196 g/mol. The molecule has 0 spiro atoms. The molecule has 1 radical (unpaired) electrons. The van der Waals surface area contributed by atoms with E-state index in [-0.39, 0.29) is 5.12 Å². The molecule has 0 amide bonds. The fourth-order valence-corrected chi connectivity index (χ4v) is 1.74. The summed E-state index contributed by atoms with van der Waals surface area (Å²) in [4.78, 5) is 14.8. The Balaban J connectivity index is 2.43. The molecule has 61 valence electrons. The van der Waals surface area contributed by atoms with Crippen LogP contribution in [-0.4, -0.2) is 16.6 Å². The molecule has 0 unspecified atom stereocenters. The number of rotatable bonds is 0. The van der Waals surface area contributed by atoms with Gasteiger partial charge in [-0.2, -0.15) is 0 Å². The SMILES string of the molecule is O=C1CNc2cc(Cl)[c]nc2S1. The molecule has 1 N–H and O–H groups in total. The van der Waals surface area contributed by atoms with Crippen LogP contribution in [-0.2, 0) is 4.79 Å².